The van der Waals surface area contributed by atoms with Crippen LogP contribution in [0.4, 0.5) is 0 Å². The van der Waals surface area contributed by atoms with Gasteiger partial charge in [0.1, 0.15) is 13.2 Å². The first-order valence-corrected chi connectivity index (χ1v) is 10.9. The number of pyridine rings is 2. The van der Waals surface area contributed by atoms with Crippen LogP contribution >= 0.6 is 12.2 Å². The third-order valence-electron chi connectivity index (χ3n) is 5.13. The van der Waals surface area contributed by atoms with Gasteiger partial charge in [-0.25, -0.2) is 0 Å². The Hall–Kier alpha value is -3.17. The van der Waals surface area contributed by atoms with Crippen LogP contribution in [0.1, 0.15) is 17.5 Å². The number of nitrogens with one attached hydrogen (secondary N) is 2. The van der Waals surface area contributed by atoms with Gasteiger partial charge in [0.05, 0.1) is 12.1 Å². The molecular formula is C23H26N4O4S. The molecule has 168 valence electrons. The Kier molecular flexibility index (Phi) is 7.18. The van der Waals surface area contributed by atoms with Gasteiger partial charge in [-0.1, -0.05) is 6.07 Å². The molecule has 0 aliphatic carbocycles. The Balaban J connectivity index is 1.59. The van der Waals surface area contributed by atoms with E-state index in [-0.39, 0.29) is 5.56 Å². The second-order valence-corrected chi connectivity index (χ2v) is 7.89. The zero-order chi connectivity index (χ0) is 22.3. The second-order valence-electron chi connectivity index (χ2n) is 7.50. The summed E-state index contributed by atoms with van der Waals surface area (Å²) in [5.41, 5.74) is 2.17. The van der Waals surface area contributed by atoms with E-state index in [2.05, 4.69) is 15.3 Å². The molecular weight excluding hydrogens is 428 g/mol. The van der Waals surface area contributed by atoms with Crippen LogP contribution in [0.25, 0.3) is 10.9 Å². The van der Waals surface area contributed by atoms with Crippen molar-refractivity contribution < 1.29 is 14.2 Å². The lowest BCUT2D eigenvalue weighted by atomic mass is 10.1. The summed E-state index contributed by atoms with van der Waals surface area (Å²) in [6.07, 6.45) is 4.37. The van der Waals surface area contributed by atoms with Gasteiger partial charge in [0.15, 0.2) is 16.6 Å². The quantitative estimate of drug-likeness (QED) is 0.397. The van der Waals surface area contributed by atoms with Crippen molar-refractivity contribution in [3.63, 3.8) is 0 Å². The molecule has 1 aliphatic rings. The molecule has 3 heterocycles. The van der Waals surface area contributed by atoms with Crippen LogP contribution in [0.3, 0.4) is 0 Å². The maximum Gasteiger partial charge on any atom is 0.253 e. The number of aromatic nitrogens is 2. The predicted molar refractivity (Wildman–Crippen MR) is 126 cm³/mol. The Labute approximate surface area is 191 Å². The highest BCUT2D eigenvalue weighted by Gasteiger charge is 2.17. The Bertz CT molecular complexity index is 1140. The first-order valence-electron chi connectivity index (χ1n) is 10.5. The number of hydrogen-bond donors (Lipinski definition) is 2. The van der Waals surface area contributed by atoms with E-state index in [1.165, 1.54) is 0 Å². The van der Waals surface area contributed by atoms with Crippen molar-refractivity contribution in [2.24, 2.45) is 0 Å². The summed E-state index contributed by atoms with van der Waals surface area (Å²) in [5, 5.41) is 4.72. The molecule has 1 aliphatic heterocycles. The largest absolute Gasteiger partial charge is 0.486 e. The van der Waals surface area contributed by atoms with Gasteiger partial charge in [-0.05, 0) is 42.4 Å². The minimum Gasteiger partial charge on any atom is -0.486 e. The van der Waals surface area contributed by atoms with Gasteiger partial charge in [-0.15, -0.1) is 0 Å². The lowest BCUT2D eigenvalue weighted by Gasteiger charge is -2.26. The first kappa shape index (κ1) is 22.0. The summed E-state index contributed by atoms with van der Waals surface area (Å²) in [6.45, 7) is 3.23. The molecule has 0 atom stereocenters. The predicted octanol–water partition coefficient (Wildman–Crippen LogP) is 2.61. The van der Waals surface area contributed by atoms with Crippen molar-refractivity contribution in [1.29, 1.82) is 0 Å². The van der Waals surface area contributed by atoms with Crippen LogP contribution in [-0.2, 0) is 17.8 Å². The van der Waals surface area contributed by atoms with Gasteiger partial charge in [-0.2, -0.15) is 0 Å². The number of ether oxygens (including phenoxy) is 3. The highest BCUT2D eigenvalue weighted by atomic mass is 32.1. The molecule has 0 radical (unpaired) electrons. The van der Waals surface area contributed by atoms with E-state index in [9.17, 15) is 4.79 Å². The molecule has 9 heteroatoms. The SMILES string of the molecule is COCCCNC(=S)N(Cc1cccnc1)Cc1cc2cc3c(cc2[nH]c1=O)OCCO3. The van der Waals surface area contributed by atoms with E-state index in [1.807, 2.05) is 35.2 Å². The first-order chi connectivity index (χ1) is 15.6. The van der Waals surface area contributed by atoms with E-state index >= 15 is 0 Å². The van der Waals surface area contributed by atoms with Gasteiger partial charge in [-0.3, -0.25) is 9.78 Å². The standard InChI is InChI=1S/C23H26N4O4S/c1-29-7-3-6-25-23(32)27(14-16-4-2-5-24-13-16)15-18-10-17-11-20-21(31-9-8-30-20)12-19(17)26-22(18)28/h2,4-5,10-13H,3,6-9,14-15H2,1H3,(H,25,32)(H,26,28). The second kappa shape index (κ2) is 10.4. The number of aromatic amines is 1. The number of hydrogen-bond acceptors (Lipinski definition) is 6. The van der Waals surface area contributed by atoms with Crippen molar-refractivity contribution in [3.05, 3.63) is 64.2 Å². The Morgan fingerprint density at radius 3 is 2.81 bits per heavy atom. The van der Waals surface area contributed by atoms with Crippen LogP contribution in [0.5, 0.6) is 11.5 Å². The molecule has 4 rings (SSSR count). The number of methoxy groups -OCH3 is 1. The molecule has 0 saturated heterocycles. The fourth-order valence-electron chi connectivity index (χ4n) is 3.55. The van der Waals surface area contributed by atoms with Crippen molar-refractivity contribution >= 4 is 28.2 Å². The van der Waals surface area contributed by atoms with Gasteiger partial charge < -0.3 is 29.4 Å². The summed E-state index contributed by atoms with van der Waals surface area (Å²) < 4.78 is 16.4. The lowest BCUT2D eigenvalue weighted by molar-refractivity contribution is 0.172. The maximum atomic E-state index is 12.9. The van der Waals surface area contributed by atoms with Crippen LogP contribution in [0.15, 0.2) is 47.5 Å². The zero-order valence-electron chi connectivity index (χ0n) is 17.9. The van der Waals surface area contributed by atoms with E-state index in [0.717, 1.165) is 17.4 Å². The lowest BCUT2D eigenvalue weighted by Crippen LogP contribution is -2.40. The number of H-pyrrole nitrogens is 1. The van der Waals surface area contributed by atoms with Crippen LogP contribution in [-0.4, -0.2) is 53.5 Å². The molecule has 2 aromatic heterocycles. The normalized spacial score (nSPS) is 12.5. The van der Waals surface area contributed by atoms with Crippen molar-refractivity contribution in [1.82, 2.24) is 20.2 Å². The molecule has 0 amide bonds. The number of thiocarbonyl (C=S) groups is 1. The number of nitrogens with zero attached hydrogens (tertiary/aromatic N) is 2. The summed E-state index contributed by atoms with van der Waals surface area (Å²) >= 11 is 5.65. The van der Waals surface area contributed by atoms with Crippen molar-refractivity contribution in [2.45, 2.75) is 19.5 Å². The molecule has 0 bridgehead atoms. The van der Waals surface area contributed by atoms with Gasteiger partial charge in [0, 0.05) is 56.2 Å². The van der Waals surface area contributed by atoms with E-state index in [4.69, 9.17) is 26.4 Å². The molecule has 2 N–H and O–H groups in total. The van der Waals surface area contributed by atoms with Crippen molar-refractivity contribution in [2.75, 3.05) is 33.5 Å². The average molecular weight is 455 g/mol. The smallest absolute Gasteiger partial charge is 0.253 e. The number of fused-ring (bicyclic) bond motifs is 2. The number of benzene rings is 1. The van der Waals surface area contributed by atoms with Gasteiger partial charge in [0.2, 0.25) is 0 Å². The summed E-state index contributed by atoms with van der Waals surface area (Å²) in [4.78, 5) is 22.0. The molecule has 0 spiro atoms. The molecule has 8 nitrogen and oxygen atoms in total. The van der Waals surface area contributed by atoms with Crippen molar-refractivity contribution in [3.8, 4) is 11.5 Å². The molecule has 0 fully saturated rings. The Morgan fingerprint density at radius 1 is 1.25 bits per heavy atom. The summed E-state index contributed by atoms with van der Waals surface area (Å²) in [7, 11) is 1.67. The summed E-state index contributed by atoms with van der Waals surface area (Å²) in [6, 6.07) is 9.47. The molecule has 3 aromatic rings. The maximum absolute atomic E-state index is 12.9. The number of rotatable bonds is 8. The van der Waals surface area contributed by atoms with Crippen LogP contribution in [0, 0.1) is 0 Å². The molecule has 0 saturated carbocycles. The van der Waals surface area contributed by atoms with Gasteiger partial charge in [0.25, 0.3) is 5.56 Å². The third-order valence-corrected chi connectivity index (χ3v) is 5.53. The molecule has 0 unspecified atom stereocenters. The highest BCUT2D eigenvalue weighted by molar-refractivity contribution is 7.80. The average Bonchev–Trinajstić information content (AvgIpc) is 2.81. The van der Waals surface area contributed by atoms with Gasteiger partial charge >= 0.3 is 0 Å². The monoisotopic (exact) mass is 454 g/mol. The van der Waals surface area contributed by atoms with Crippen LogP contribution in [0.2, 0.25) is 0 Å². The Morgan fingerprint density at radius 2 is 2.06 bits per heavy atom. The fraction of sp³-hybridized carbons (Fsp3) is 0.348. The third kappa shape index (κ3) is 5.35. The zero-order valence-corrected chi connectivity index (χ0v) is 18.7. The highest BCUT2D eigenvalue weighted by Crippen LogP contribution is 2.33. The van der Waals surface area contributed by atoms with E-state index < -0.39 is 0 Å². The topological polar surface area (TPSA) is 88.7 Å². The minimum atomic E-state index is -0.160. The molecule has 32 heavy (non-hydrogen) atoms. The van der Waals surface area contributed by atoms with E-state index in [1.54, 1.807) is 19.5 Å². The summed E-state index contributed by atoms with van der Waals surface area (Å²) in [5.74, 6) is 1.33. The van der Waals surface area contributed by atoms with E-state index in [0.29, 0.717) is 67.1 Å². The van der Waals surface area contributed by atoms with Crippen LogP contribution < -0.4 is 20.3 Å². The molecule has 1 aromatic carbocycles. The minimum absolute atomic E-state index is 0.160. The fourth-order valence-corrected chi connectivity index (χ4v) is 3.78.